The first-order valence-corrected chi connectivity index (χ1v) is 11.3. The van der Waals surface area contributed by atoms with Gasteiger partial charge in [-0.15, -0.1) is 11.8 Å². The van der Waals surface area contributed by atoms with E-state index in [9.17, 15) is 4.79 Å². The number of benzene rings is 2. The molecule has 1 aliphatic heterocycles. The fraction of sp³-hybridized carbons (Fsp3) is 0.409. The Labute approximate surface area is 177 Å². The van der Waals surface area contributed by atoms with Gasteiger partial charge in [0, 0.05) is 42.1 Å². The SMILES string of the molecule is CCNC(=O)[C@@H]1C[C@@H](NCc2ccc(SC)cc2)CN1Cc1ccccc1Cl. The predicted molar refractivity (Wildman–Crippen MR) is 118 cm³/mol. The van der Waals surface area contributed by atoms with Crippen LogP contribution in [0.5, 0.6) is 0 Å². The lowest BCUT2D eigenvalue weighted by molar-refractivity contribution is -0.125. The van der Waals surface area contributed by atoms with Gasteiger partial charge in [0.05, 0.1) is 6.04 Å². The van der Waals surface area contributed by atoms with E-state index in [4.69, 9.17) is 11.6 Å². The molecule has 0 radical (unpaired) electrons. The van der Waals surface area contributed by atoms with E-state index in [0.717, 1.165) is 30.1 Å². The molecule has 2 aromatic rings. The normalized spacial score (nSPS) is 19.7. The highest BCUT2D eigenvalue weighted by Crippen LogP contribution is 2.25. The third-order valence-corrected chi connectivity index (χ3v) is 6.25. The molecule has 1 fully saturated rings. The summed E-state index contributed by atoms with van der Waals surface area (Å²) in [4.78, 5) is 16.1. The standard InChI is InChI=1S/C22H28ClN3OS/c1-3-24-22(27)21-12-18(25-13-16-8-10-19(28-2)11-9-16)15-26(21)14-17-6-4-5-7-20(17)23/h4-11,18,21,25H,3,12-15H2,1-2H3,(H,24,27)/t18-,21+/m1/s1. The van der Waals surface area contributed by atoms with Crippen LogP contribution in [-0.4, -0.2) is 42.2 Å². The Morgan fingerprint density at radius 1 is 1.21 bits per heavy atom. The second-order valence-electron chi connectivity index (χ2n) is 7.09. The van der Waals surface area contributed by atoms with E-state index in [1.807, 2.05) is 31.2 Å². The molecule has 1 aliphatic rings. The van der Waals surface area contributed by atoms with Crippen LogP contribution in [0.2, 0.25) is 5.02 Å². The van der Waals surface area contributed by atoms with E-state index in [-0.39, 0.29) is 18.0 Å². The van der Waals surface area contributed by atoms with Crippen molar-refractivity contribution in [3.63, 3.8) is 0 Å². The summed E-state index contributed by atoms with van der Waals surface area (Å²) in [6.07, 6.45) is 2.89. The van der Waals surface area contributed by atoms with Crippen LogP contribution in [0.4, 0.5) is 0 Å². The van der Waals surface area contributed by atoms with Gasteiger partial charge >= 0.3 is 0 Å². The van der Waals surface area contributed by atoms with E-state index in [0.29, 0.717) is 13.1 Å². The van der Waals surface area contributed by atoms with Crippen LogP contribution in [0.25, 0.3) is 0 Å². The summed E-state index contributed by atoms with van der Waals surface area (Å²) >= 11 is 8.10. The Morgan fingerprint density at radius 2 is 1.96 bits per heavy atom. The van der Waals surface area contributed by atoms with E-state index in [2.05, 4.69) is 46.1 Å². The number of hydrogen-bond acceptors (Lipinski definition) is 4. The average Bonchev–Trinajstić information content (AvgIpc) is 3.11. The van der Waals surface area contributed by atoms with Crippen LogP contribution in [0.3, 0.4) is 0 Å². The highest BCUT2D eigenvalue weighted by molar-refractivity contribution is 7.98. The van der Waals surface area contributed by atoms with Gasteiger partial charge < -0.3 is 10.6 Å². The fourth-order valence-corrected chi connectivity index (χ4v) is 4.25. The van der Waals surface area contributed by atoms with Crippen molar-refractivity contribution in [2.24, 2.45) is 0 Å². The molecular formula is C22H28ClN3OS. The second kappa shape index (κ2) is 10.3. The van der Waals surface area contributed by atoms with Crippen molar-refractivity contribution in [3.8, 4) is 0 Å². The van der Waals surface area contributed by atoms with Crippen molar-refractivity contribution in [1.29, 1.82) is 0 Å². The van der Waals surface area contributed by atoms with Gasteiger partial charge in [-0.3, -0.25) is 9.69 Å². The predicted octanol–water partition coefficient (Wildman–Crippen LogP) is 3.93. The topological polar surface area (TPSA) is 44.4 Å². The number of likely N-dealkylation sites (N-methyl/N-ethyl adjacent to an activating group) is 1. The summed E-state index contributed by atoms with van der Waals surface area (Å²) in [6, 6.07) is 16.6. The number of carbonyl (C=O) groups excluding carboxylic acids is 1. The molecule has 6 heteroatoms. The first-order chi connectivity index (χ1) is 13.6. The van der Waals surface area contributed by atoms with Crippen LogP contribution in [-0.2, 0) is 17.9 Å². The Bertz CT molecular complexity index is 784. The third-order valence-electron chi connectivity index (χ3n) is 5.14. The minimum Gasteiger partial charge on any atom is -0.355 e. The smallest absolute Gasteiger partial charge is 0.237 e. The monoisotopic (exact) mass is 417 g/mol. The number of halogens is 1. The van der Waals surface area contributed by atoms with Gasteiger partial charge in [-0.25, -0.2) is 0 Å². The molecule has 2 aromatic carbocycles. The first kappa shape index (κ1) is 21.2. The summed E-state index contributed by atoms with van der Waals surface area (Å²) in [6.45, 7) is 4.92. The molecule has 4 nitrogen and oxygen atoms in total. The van der Waals surface area contributed by atoms with E-state index >= 15 is 0 Å². The molecule has 150 valence electrons. The van der Waals surface area contributed by atoms with Crippen molar-refractivity contribution in [1.82, 2.24) is 15.5 Å². The van der Waals surface area contributed by atoms with Crippen LogP contribution < -0.4 is 10.6 Å². The van der Waals surface area contributed by atoms with E-state index in [1.165, 1.54) is 10.5 Å². The Kier molecular flexibility index (Phi) is 7.80. The summed E-state index contributed by atoms with van der Waals surface area (Å²) < 4.78 is 0. The molecule has 3 rings (SSSR count). The molecular weight excluding hydrogens is 390 g/mol. The van der Waals surface area contributed by atoms with Crippen molar-refractivity contribution in [3.05, 3.63) is 64.7 Å². The molecule has 2 N–H and O–H groups in total. The molecule has 1 saturated heterocycles. The summed E-state index contributed by atoms with van der Waals surface area (Å²) in [5, 5.41) is 7.36. The number of rotatable bonds is 8. The van der Waals surface area contributed by atoms with Crippen molar-refractivity contribution >= 4 is 29.3 Å². The maximum Gasteiger partial charge on any atom is 0.237 e. The summed E-state index contributed by atoms with van der Waals surface area (Å²) in [7, 11) is 0. The van der Waals surface area contributed by atoms with Crippen molar-refractivity contribution < 1.29 is 4.79 Å². The average molecular weight is 418 g/mol. The van der Waals surface area contributed by atoms with Gasteiger partial charge in [0.2, 0.25) is 5.91 Å². The van der Waals surface area contributed by atoms with Crippen LogP contribution in [0.15, 0.2) is 53.4 Å². The summed E-state index contributed by atoms with van der Waals surface area (Å²) in [5.74, 6) is 0.100. The zero-order valence-corrected chi connectivity index (χ0v) is 18.0. The maximum atomic E-state index is 12.6. The Morgan fingerprint density at radius 3 is 2.64 bits per heavy atom. The maximum absolute atomic E-state index is 12.6. The molecule has 2 atom stereocenters. The third kappa shape index (κ3) is 5.51. The van der Waals surface area contributed by atoms with Crippen molar-refractivity contribution in [2.45, 2.75) is 43.4 Å². The van der Waals surface area contributed by atoms with Crippen LogP contribution >= 0.6 is 23.4 Å². The largest absolute Gasteiger partial charge is 0.355 e. The Balaban J connectivity index is 1.64. The van der Waals surface area contributed by atoms with E-state index in [1.54, 1.807) is 11.8 Å². The van der Waals surface area contributed by atoms with Gasteiger partial charge in [0.15, 0.2) is 0 Å². The molecule has 0 unspecified atom stereocenters. The van der Waals surface area contributed by atoms with Crippen LogP contribution in [0, 0.1) is 0 Å². The molecule has 0 aliphatic carbocycles. The highest BCUT2D eigenvalue weighted by Gasteiger charge is 2.36. The molecule has 0 saturated carbocycles. The number of thioether (sulfide) groups is 1. The number of hydrogen-bond donors (Lipinski definition) is 2. The molecule has 0 aromatic heterocycles. The molecule has 1 amide bonds. The van der Waals surface area contributed by atoms with Crippen LogP contribution in [0.1, 0.15) is 24.5 Å². The minimum absolute atomic E-state index is 0.100. The zero-order chi connectivity index (χ0) is 19.9. The number of likely N-dealkylation sites (tertiary alicyclic amines) is 1. The van der Waals surface area contributed by atoms with Gasteiger partial charge in [0.25, 0.3) is 0 Å². The van der Waals surface area contributed by atoms with Gasteiger partial charge in [-0.2, -0.15) is 0 Å². The summed E-state index contributed by atoms with van der Waals surface area (Å²) in [5.41, 5.74) is 2.32. The number of amides is 1. The lowest BCUT2D eigenvalue weighted by atomic mass is 10.1. The van der Waals surface area contributed by atoms with Crippen molar-refractivity contribution in [2.75, 3.05) is 19.3 Å². The van der Waals surface area contributed by atoms with Gasteiger partial charge in [-0.1, -0.05) is 41.9 Å². The number of nitrogens with zero attached hydrogens (tertiary/aromatic N) is 1. The lowest BCUT2D eigenvalue weighted by Crippen LogP contribution is -2.42. The Hall–Kier alpha value is -1.53. The van der Waals surface area contributed by atoms with Gasteiger partial charge in [0.1, 0.15) is 0 Å². The zero-order valence-electron chi connectivity index (χ0n) is 16.5. The number of nitrogens with one attached hydrogen (secondary N) is 2. The quantitative estimate of drug-likeness (QED) is 0.639. The molecule has 0 spiro atoms. The molecule has 28 heavy (non-hydrogen) atoms. The first-order valence-electron chi connectivity index (χ1n) is 9.72. The lowest BCUT2D eigenvalue weighted by Gasteiger charge is -2.23. The molecule has 1 heterocycles. The van der Waals surface area contributed by atoms with E-state index < -0.39 is 0 Å². The fourth-order valence-electron chi connectivity index (χ4n) is 3.64. The highest BCUT2D eigenvalue weighted by atomic mass is 35.5. The number of carbonyl (C=O) groups is 1. The molecule has 0 bridgehead atoms. The minimum atomic E-state index is -0.132. The van der Waals surface area contributed by atoms with Gasteiger partial charge in [-0.05, 0) is 48.9 Å². The second-order valence-corrected chi connectivity index (χ2v) is 8.38.